The summed E-state index contributed by atoms with van der Waals surface area (Å²) in [7, 11) is 0. The zero-order chi connectivity index (χ0) is 11.5. The van der Waals surface area contributed by atoms with Gasteiger partial charge in [0.25, 0.3) is 0 Å². The zero-order valence-corrected chi connectivity index (χ0v) is 10.7. The van der Waals surface area contributed by atoms with E-state index in [2.05, 4.69) is 21.2 Å². The third-order valence-electron chi connectivity index (χ3n) is 2.19. The molecule has 1 unspecified atom stereocenters. The van der Waals surface area contributed by atoms with Gasteiger partial charge in [-0.15, -0.1) is 11.8 Å². The van der Waals surface area contributed by atoms with Gasteiger partial charge in [0.2, 0.25) is 0 Å². The van der Waals surface area contributed by atoms with Crippen LogP contribution in [0.5, 0.6) is 0 Å². The molecule has 3 nitrogen and oxygen atoms in total. The molecule has 16 heavy (non-hydrogen) atoms. The Labute approximate surface area is 106 Å². The Morgan fingerprint density at radius 1 is 1.50 bits per heavy atom. The van der Waals surface area contributed by atoms with Gasteiger partial charge in [0, 0.05) is 10.2 Å². The number of thioether (sulfide) groups is 1. The third-order valence-corrected chi connectivity index (χ3v) is 3.76. The van der Waals surface area contributed by atoms with Crippen LogP contribution in [0.15, 0.2) is 33.8 Å². The topological polar surface area (TPSA) is 49.3 Å². The molecular formula is C11H10BrNO2S. The molecule has 2 rings (SSSR count). The first kappa shape index (κ1) is 11.5. The van der Waals surface area contributed by atoms with E-state index in [4.69, 9.17) is 5.11 Å². The summed E-state index contributed by atoms with van der Waals surface area (Å²) < 4.78 is 1.03. The van der Waals surface area contributed by atoms with Gasteiger partial charge in [0.1, 0.15) is 6.04 Å². The van der Waals surface area contributed by atoms with Crippen molar-refractivity contribution < 1.29 is 9.90 Å². The number of hydrogen-bond donors (Lipinski definition) is 2. The maximum absolute atomic E-state index is 10.7. The standard InChI is InChI=1S/C11H10BrNO2S/c12-8-3-1-7(2-4-8)5-10-13-9(6-16-10)11(14)15/h1-5,9,13H,6H2,(H,14,15). The molecule has 0 aromatic heterocycles. The quantitative estimate of drug-likeness (QED) is 0.881. The SMILES string of the molecule is O=C(O)C1CSC(=Cc2ccc(Br)cc2)N1. The molecule has 84 valence electrons. The van der Waals surface area contributed by atoms with Crippen molar-refractivity contribution in [2.24, 2.45) is 0 Å². The van der Waals surface area contributed by atoms with Crippen LogP contribution in [-0.4, -0.2) is 22.9 Å². The van der Waals surface area contributed by atoms with E-state index in [1.807, 2.05) is 30.3 Å². The lowest BCUT2D eigenvalue weighted by Crippen LogP contribution is -2.31. The summed E-state index contributed by atoms with van der Waals surface area (Å²) >= 11 is 4.90. The summed E-state index contributed by atoms with van der Waals surface area (Å²) in [5.41, 5.74) is 1.06. The first-order valence-corrected chi connectivity index (χ1v) is 6.52. The van der Waals surface area contributed by atoms with Crippen LogP contribution in [-0.2, 0) is 4.79 Å². The van der Waals surface area contributed by atoms with Crippen LogP contribution >= 0.6 is 27.7 Å². The van der Waals surface area contributed by atoms with Gasteiger partial charge in [-0.1, -0.05) is 28.1 Å². The van der Waals surface area contributed by atoms with Crippen LogP contribution in [0.25, 0.3) is 6.08 Å². The van der Waals surface area contributed by atoms with E-state index >= 15 is 0 Å². The van der Waals surface area contributed by atoms with Gasteiger partial charge in [-0.25, -0.2) is 4.79 Å². The van der Waals surface area contributed by atoms with Gasteiger partial charge in [-0.2, -0.15) is 0 Å². The molecule has 1 heterocycles. The predicted octanol–water partition coefficient (Wildman–Crippen LogP) is 2.54. The van der Waals surface area contributed by atoms with E-state index in [0.717, 1.165) is 15.1 Å². The molecule has 0 amide bonds. The number of carboxylic acids is 1. The molecule has 0 radical (unpaired) electrons. The van der Waals surface area contributed by atoms with Gasteiger partial charge in [0.15, 0.2) is 0 Å². The Kier molecular flexibility index (Phi) is 3.56. The molecule has 0 aliphatic carbocycles. The van der Waals surface area contributed by atoms with Crippen molar-refractivity contribution >= 4 is 39.7 Å². The van der Waals surface area contributed by atoms with Crippen LogP contribution in [0, 0.1) is 0 Å². The molecule has 1 fully saturated rings. The van der Waals surface area contributed by atoms with Gasteiger partial charge >= 0.3 is 5.97 Å². The van der Waals surface area contributed by atoms with E-state index < -0.39 is 12.0 Å². The fourth-order valence-electron chi connectivity index (χ4n) is 1.35. The molecule has 1 aromatic rings. The Morgan fingerprint density at radius 2 is 2.19 bits per heavy atom. The number of halogens is 1. The minimum Gasteiger partial charge on any atom is -0.480 e. The molecule has 0 spiro atoms. The molecule has 1 saturated heterocycles. The Hall–Kier alpha value is -0.940. The number of hydrogen-bond acceptors (Lipinski definition) is 3. The lowest BCUT2D eigenvalue weighted by molar-refractivity contribution is -0.138. The van der Waals surface area contributed by atoms with Crippen molar-refractivity contribution in [2.75, 3.05) is 5.75 Å². The van der Waals surface area contributed by atoms with Crippen molar-refractivity contribution in [3.63, 3.8) is 0 Å². The maximum atomic E-state index is 10.7. The highest BCUT2D eigenvalue weighted by atomic mass is 79.9. The summed E-state index contributed by atoms with van der Waals surface area (Å²) in [4.78, 5) is 10.7. The smallest absolute Gasteiger partial charge is 0.327 e. The lowest BCUT2D eigenvalue weighted by atomic mass is 10.2. The van der Waals surface area contributed by atoms with Gasteiger partial charge in [0.05, 0.1) is 5.03 Å². The predicted molar refractivity (Wildman–Crippen MR) is 69.1 cm³/mol. The fraction of sp³-hybridized carbons (Fsp3) is 0.182. The average Bonchev–Trinajstić information content (AvgIpc) is 2.70. The number of rotatable bonds is 2. The molecule has 1 atom stereocenters. The summed E-state index contributed by atoms with van der Waals surface area (Å²) in [5.74, 6) is -0.218. The molecule has 1 aliphatic heterocycles. The maximum Gasteiger partial charge on any atom is 0.327 e. The third kappa shape index (κ3) is 2.80. The fourth-order valence-corrected chi connectivity index (χ4v) is 2.64. The second-order valence-corrected chi connectivity index (χ2v) is 5.38. The van der Waals surface area contributed by atoms with Crippen molar-refractivity contribution in [2.45, 2.75) is 6.04 Å². The van der Waals surface area contributed by atoms with Gasteiger partial charge in [-0.05, 0) is 23.8 Å². The van der Waals surface area contributed by atoms with Crippen molar-refractivity contribution in [1.82, 2.24) is 5.32 Å². The lowest BCUT2D eigenvalue weighted by Gasteiger charge is -2.03. The highest BCUT2D eigenvalue weighted by Gasteiger charge is 2.24. The molecule has 0 bridgehead atoms. The van der Waals surface area contributed by atoms with Gasteiger partial charge in [-0.3, -0.25) is 0 Å². The largest absolute Gasteiger partial charge is 0.480 e. The summed E-state index contributed by atoms with van der Waals surface area (Å²) in [6, 6.07) is 7.41. The minimum absolute atomic E-state index is 0.466. The van der Waals surface area contributed by atoms with Crippen LogP contribution < -0.4 is 5.32 Å². The summed E-state index contributed by atoms with van der Waals surface area (Å²) in [6.45, 7) is 0. The molecule has 5 heteroatoms. The first-order chi connectivity index (χ1) is 7.65. The number of nitrogens with one attached hydrogen (secondary N) is 1. The van der Waals surface area contributed by atoms with Crippen molar-refractivity contribution in [1.29, 1.82) is 0 Å². The van der Waals surface area contributed by atoms with Crippen molar-refractivity contribution in [3.05, 3.63) is 39.3 Å². The second-order valence-electron chi connectivity index (χ2n) is 3.41. The number of benzene rings is 1. The second kappa shape index (κ2) is 4.93. The molecule has 1 aliphatic rings. The molecular weight excluding hydrogens is 290 g/mol. The first-order valence-electron chi connectivity index (χ1n) is 4.74. The average molecular weight is 300 g/mol. The monoisotopic (exact) mass is 299 g/mol. The number of carboxylic acid groups (broad SMARTS) is 1. The highest BCUT2D eigenvalue weighted by Crippen LogP contribution is 2.25. The van der Waals surface area contributed by atoms with Crippen LogP contribution in [0.1, 0.15) is 5.56 Å². The van der Waals surface area contributed by atoms with E-state index in [9.17, 15) is 4.79 Å². The van der Waals surface area contributed by atoms with Gasteiger partial charge < -0.3 is 10.4 Å². The normalized spacial score (nSPS) is 22.1. The highest BCUT2D eigenvalue weighted by molar-refractivity contribution is 9.10. The number of carbonyl (C=O) groups is 1. The molecule has 0 saturated carbocycles. The zero-order valence-electron chi connectivity index (χ0n) is 8.31. The summed E-state index contributed by atoms with van der Waals surface area (Å²) in [6.07, 6.45) is 1.96. The Balaban J connectivity index is 2.09. The number of aliphatic carboxylic acids is 1. The minimum atomic E-state index is -0.799. The van der Waals surface area contributed by atoms with E-state index in [-0.39, 0.29) is 0 Å². The van der Waals surface area contributed by atoms with E-state index in [0.29, 0.717) is 5.75 Å². The molecule has 2 N–H and O–H groups in total. The molecule has 1 aromatic carbocycles. The van der Waals surface area contributed by atoms with Crippen molar-refractivity contribution in [3.8, 4) is 0 Å². The summed E-state index contributed by atoms with van der Waals surface area (Å²) in [5, 5.41) is 12.7. The Bertz CT molecular complexity index is 430. The van der Waals surface area contributed by atoms with E-state index in [1.54, 1.807) is 0 Å². The Morgan fingerprint density at radius 3 is 2.75 bits per heavy atom. The van der Waals surface area contributed by atoms with E-state index in [1.165, 1.54) is 11.8 Å². The van der Waals surface area contributed by atoms with Crippen LogP contribution in [0.2, 0.25) is 0 Å². The van der Waals surface area contributed by atoms with Crippen LogP contribution in [0.4, 0.5) is 0 Å². The van der Waals surface area contributed by atoms with Crippen LogP contribution in [0.3, 0.4) is 0 Å².